The van der Waals surface area contributed by atoms with Gasteiger partial charge in [0.25, 0.3) is 0 Å². The van der Waals surface area contributed by atoms with Gasteiger partial charge in [-0.05, 0) is 43.2 Å². The number of benzene rings is 1. The second kappa shape index (κ2) is 5.70. The second-order valence-electron chi connectivity index (χ2n) is 5.56. The first-order valence-corrected chi connectivity index (χ1v) is 7.14. The fourth-order valence-electron chi connectivity index (χ4n) is 2.90. The molecule has 3 N–H and O–H groups in total. The van der Waals surface area contributed by atoms with E-state index in [0.717, 1.165) is 17.2 Å². The van der Waals surface area contributed by atoms with Gasteiger partial charge in [-0.2, -0.15) is 0 Å². The van der Waals surface area contributed by atoms with Crippen LogP contribution in [0.25, 0.3) is 0 Å². The van der Waals surface area contributed by atoms with E-state index in [1.54, 1.807) is 0 Å². The van der Waals surface area contributed by atoms with Crippen LogP contribution in [-0.2, 0) is 0 Å². The van der Waals surface area contributed by atoms with E-state index in [1.165, 1.54) is 19.3 Å². The Hall–Kier alpha value is -1.09. The first-order chi connectivity index (χ1) is 8.58. The molecular weight excluding hydrogens is 240 g/mol. The fourth-order valence-corrected chi connectivity index (χ4v) is 3.08. The first kappa shape index (κ1) is 13.3. The van der Waals surface area contributed by atoms with Crippen LogP contribution in [0.5, 0.6) is 0 Å². The van der Waals surface area contributed by atoms with Crippen molar-refractivity contribution >= 4 is 22.9 Å². The van der Waals surface area contributed by atoms with E-state index in [2.05, 4.69) is 25.2 Å². The van der Waals surface area contributed by atoms with Gasteiger partial charge in [0.05, 0.1) is 0 Å². The second-order valence-corrected chi connectivity index (χ2v) is 6.00. The minimum absolute atomic E-state index is 0.468. The van der Waals surface area contributed by atoms with Crippen LogP contribution in [0.4, 0.5) is 5.69 Å². The van der Waals surface area contributed by atoms with E-state index >= 15 is 0 Å². The number of rotatable bonds is 3. The topological polar surface area (TPSA) is 38.0 Å². The molecule has 98 valence electrons. The normalized spacial score (nSPS) is 27.8. The number of anilines is 1. The summed E-state index contributed by atoms with van der Waals surface area (Å²) in [6.07, 6.45) is 3.83. The zero-order valence-electron chi connectivity index (χ0n) is 11.1. The van der Waals surface area contributed by atoms with Gasteiger partial charge in [-0.3, -0.25) is 0 Å². The Morgan fingerprint density at radius 2 is 2.00 bits per heavy atom. The molecule has 1 aromatic carbocycles. The number of nitrogens with two attached hydrogens (primary N) is 1. The van der Waals surface area contributed by atoms with E-state index in [0.29, 0.717) is 16.9 Å². The molecule has 0 spiro atoms. The highest BCUT2D eigenvalue weighted by atomic mass is 32.1. The van der Waals surface area contributed by atoms with Crippen molar-refractivity contribution in [2.45, 2.75) is 39.2 Å². The van der Waals surface area contributed by atoms with Gasteiger partial charge < -0.3 is 11.1 Å². The maximum Gasteiger partial charge on any atom is 0.106 e. The van der Waals surface area contributed by atoms with Crippen molar-refractivity contribution in [2.75, 3.05) is 5.32 Å². The molecule has 3 unspecified atom stereocenters. The van der Waals surface area contributed by atoms with Crippen molar-refractivity contribution in [1.29, 1.82) is 0 Å². The average Bonchev–Trinajstić information content (AvgIpc) is 2.33. The quantitative estimate of drug-likeness (QED) is 0.818. The summed E-state index contributed by atoms with van der Waals surface area (Å²) in [5, 5.41) is 3.63. The van der Waals surface area contributed by atoms with Crippen LogP contribution in [0, 0.1) is 11.8 Å². The summed E-state index contributed by atoms with van der Waals surface area (Å²) in [6, 6.07) is 8.60. The smallest absolute Gasteiger partial charge is 0.106 e. The Labute approximate surface area is 115 Å². The lowest BCUT2D eigenvalue weighted by Gasteiger charge is -2.34. The van der Waals surface area contributed by atoms with Crippen LogP contribution in [0.15, 0.2) is 24.3 Å². The molecule has 1 aliphatic carbocycles. The molecular formula is C15H22N2S. The Bertz CT molecular complexity index is 430. The summed E-state index contributed by atoms with van der Waals surface area (Å²) >= 11 is 5.10. The summed E-state index contributed by atoms with van der Waals surface area (Å²) in [6.45, 7) is 4.67. The summed E-state index contributed by atoms with van der Waals surface area (Å²) in [7, 11) is 0. The maximum absolute atomic E-state index is 5.77. The summed E-state index contributed by atoms with van der Waals surface area (Å²) in [5.74, 6) is 1.55. The summed E-state index contributed by atoms with van der Waals surface area (Å²) in [4.78, 5) is 0.468. The zero-order valence-corrected chi connectivity index (χ0v) is 12.0. The highest BCUT2D eigenvalue weighted by Crippen LogP contribution is 2.31. The molecule has 0 aliphatic heterocycles. The van der Waals surface area contributed by atoms with Gasteiger partial charge in [-0.25, -0.2) is 0 Å². The maximum atomic E-state index is 5.77. The van der Waals surface area contributed by atoms with Crippen LogP contribution in [-0.4, -0.2) is 11.0 Å². The molecule has 0 amide bonds. The molecule has 0 radical (unpaired) electrons. The van der Waals surface area contributed by atoms with Crippen LogP contribution >= 0.6 is 12.2 Å². The lowest BCUT2D eigenvalue weighted by Crippen LogP contribution is -2.33. The predicted molar refractivity (Wildman–Crippen MR) is 81.9 cm³/mol. The first-order valence-electron chi connectivity index (χ1n) is 6.73. The van der Waals surface area contributed by atoms with E-state index in [-0.39, 0.29) is 0 Å². The number of hydrogen-bond acceptors (Lipinski definition) is 2. The van der Waals surface area contributed by atoms with Gasteiger partial charge in [0.15, 0.2) is 0 Å². The molecule has 1 aliphatic rings. The lowest BCUT2D eigenvalue weighted by atomic mass is 9.80. The molecule has 1 saturated carbocycles. The number of para-hydroxylation sites is 1. The van der Waals surface area contributed by atoms with Crippen molar-refractivity contribution in [1.82, 2.24) is 0 Å². The van der Waals surface area contributed by atoms with Gasteiger partial charge in [-0.15, -0.1) is 0 Å². The Morgan fingerprint density at radius 1 is 1.28 bits per heavy atom. The summed E-state index contributed by atoms with van der Waals surface area (Å²) in [5.41, 5.74) is 7.80. The van der Waals surface area contributed by atoms with E-state index in [4.69, 9.17) is 18.0 Å². The van der Waals surface area contributed by atoms with Crippen molar-refractivity contribution in [3.63, 3.8) is 0 Å². The molecule has 18 heavy (non-hydrogen) atoms. The fraction of sp³-hybridized carbons (Fsp3) is 0.533. The van der Waals surface area contributed by atoms with Gasteiger partial charge in [0, 0.05) is 17.3 Å². The van der Waals surface area contributed by atoms with Crippen molar-refractivity contribution in [2.24, 2.45) is 17.6 Å². The Balaban J connectivity index is 2.12. The average molecular weight is 262 g/mol. The van der Waals surface area contributed by atoms with Gasteiger partial charge in [0.2, 0.25) is 0 Å². The SMILES string of the molecule is CC1CCC(Nc2ccccc2C(N)=S)C(C)C1. The molecule has 0 saturated heterocycles. The van der Waals surface area contributed by atoms with Crippen LogP contribution in [0.1, 0.15) is 38.7 Å². The minimum atomic E-state index is 0.468. The van der Waals surface area contributed by atoms with Crippen LogP contribution in [0.2, 0.25) is 0 Å². The Morgan fingerprint density at radius 3 is 2.67 bits per heavy atom. The molecule has 1 fully saturated rings. The van der Waals surface area contributed by atoms with Gasteiger partial charge >= 0.3 is 0 Å². The van der Waals surface area contributed by atoms with E-state index < -0.39 is 0 Å². The molecule has 2 rings (SSSR count). The van der Waals surface area contributed by atoms with Crippen LogP contribution in [0.3, 0.4) is 0 Å². The standard InChI is InChI=1S/C15H22N2S/c1-10-7-8-13(11(2)9-10)17-14-6-4-3-5-12(14)15(16)18/h3-6,10-11,13,17H,7-9H2,1-2H3,(H2,16,18). The van der Waals surface area contributed by atoms with Crippen LogP contribution < -0.4 is 11.1 Å². The third kappa shape index (κ3) is 3.02. The summed E-state index contributed by atoms with van der Waals surface area (Å²) < 4.78 is 0. The van der Waals surface area contributed by atoms with Gasteiger partial charge in [0.1, 0.15) is 4.99 Å². The number of hydrogen-bond donors (Lipinski definition) is 2. The highest BCUT2D eigenvalue weighted by Gasteiger charge is 2.25. The predicted octanol–water partition coefficient (Wildman–Crippen LogP) is 3.56. The zero-order chi connectivity index (χ0) is 13.1. The molecule has 0 heterocycles. The van der Waals surface area contributed by atoms with Crippen molar-refractivity contribution < 1.29 is 0 Å². The molecule has 0 aromatic heterocycles. The molecule has 1 aromatic rings. The minimum Gasteiger partial charge on any atom is -0.389 e. The highest BCUT2D eigenvalue weighted by molar-refractivity contribution is 7.80. The van der Waals surface area contributed by atoms with Crippen molar-refractivity contribution in [3.05, 3.63) is 29.8 Å². The van der Waals surface area contributed by atoms with Gasteiger partial charge in [-0.1, -0.05) is 38.2 Å². The number of nitrogens with one attached hydrogen (secondary N) is 1. The van der Waals surface area contributed by atoms with Crippen molar-refractivity contribution in [3.8, 4) is 0 Å². The molecule has 2 nitrogen and oxygen atoms in total. The third-order valence-corrected chi connectivity index (χ3v) is 4.18. The molecule has 0 bridgehead atoms. The monoisotopic (exact) mass is 262 g/mol. The number of thiocarbonyl (C=S) groups is 1. The van der Waals surface area contributed by atoms with E-state index in [9.17, 15) is 0 Å². The molecule has 3 heteroatoms. The lowest BCUT2D eigenvalue weighted by molar-refractivity contribution is 0.276. The van der Waals surface area contributed by atoms with E-state index in [1.807, 2.05) is 18.2 Å². The third-order valence-electron chi connectivity index (χ3n) is 3.96. The molecule has 3 atom stereocenters. The largest absolute Gasteiger partial charge is 0.389 e. The Kier molecular flexibility index (Phi) is 4.23.